The predicted molar refractivity (Wildman–Crippen MR) is 36.8 cm³/mol. The van der Waals surface area contributed by atoms with E-state index in [2.05, 4.69) is 9.68 Å². The molecule has 0 amide bonds. The van der Waals surface area contributed by atoms with Gasteiger partial charge in [0.2, 0.25) is 0 Å². The minimum absolute atomic E-state index is 0.0741. The number of alkyl halides is 3. The minimum atomic E-state index is -4.51. The fourth-order valence-electron chi connectivity index (χ4n) is 1.05. The zero-order valence-corrected chi connectivity index (χ0v) is 6.85. The molecule has 0 fully saturated rings. The highest BCUT2D eigenvalue weighted by Gasteiger charge is 2.38. The van der Waals surface area contributed by atoms with E-state index >= 15 is 0 Å². The number of aromatic nitrogens is 1. The second-order valence-corrected chi connectivity index (χ2v) is 2.44. The molecule has 1 aromatic rings. The summed E-state index contributed by atoms with van der Waals surface area (Å²) in [5.41, 5.74) is -1.12. The van der Waals surface area contributed by atoms with Crippen LogP contribution in [0.2, 0.25) is 0 Å². The molecular formula is C7H8F3NO2. The highest BCUT2D eigenvalue weighted by molar-refractivity contribution is 5.24. The lowest BCUT2D eigenvalue weighted by Crippen LogP contribution is -2.08. The molecule has 0 aliphatic carbocycles. The van der Waals surface area contributed by atoms with Crippen molar-refractivity contribution in [2.24, 2.45) is 0 Å². The van der Waals surface area contributed by atoms with Gasteiger partial charge in [-0.25, -0.2) is 0 Å². The van der Waals surface area contributed by atoms with E-state index in [1.165, 1.54) is 0 Å². The lowest BCUT2D eigenvalue weighted by Gasteiger charge is -2.03. The standard InChI is InChI=1S/C7H8F3NO2/c1-2-4-5(3-12)13-11-6(4)7(8,9)10/h12H,2-3H2,1H3. The summed E-state index contributed by atoms with van der Waals surface area (Å²) < 4.78 is 40.9. The Morgan fingerprint density at radius 2 is 2.08 bits per heavy atom. The number of rotatable bonds is 2. The molecule has 1 rings (SSSR count). The highest BCUT2D eigenvalue weighted by Crippen LogP contribution is 2.32. The third kappa shape index (κ3) is 1.82. The largest absolute Gasteiger partial charge is 0.437 e. The Morgan fingerprint density at radius 1 is 1.46 bits per heavy atom. The molecule has 0 saturated heterocycles. The minimum Gasteiger partial charge on any atom is -0.388 e. The fraction of sp³-hybridized carbons (Fsp3) is 0.571. The maximum Gasteiger partial charge on any atom is 0.437 e. The fourth-order valence-corrected chi connectivity index (χ4v) is 1.05. The van der Waals surface area contributed by atoms with Crippen LogP contribution >= 0.6 is 0 Å². The van der Waals surface area contributed by atoms with Crippen molar-refractivity contribution < 1.29 is 22.8 Å². The summed E-state index contributed by atoms with van der Waals surface area (Å²) >= 11 is 0. The van der Waals surface area contributed by atoms with Gasteiger partial charge in [-0.05, 0) is 6.42 Å². The Kier molecular flexibility index (Phi) is 2.60. The maximum absolute atomic E-state index is 12.2. The van der Waals surface area contributed by atoms with Gasteiger partial charge in [0.1, 0.15) is 6.61 Å². The van der Waals surface area contributed by atoms with Crippen LogP contribution in [0, 0.1) is 0 Å². The molecule has 0 unspecified atom stereocenters. The maximum atomic E-state index is 12.2. The van der Waals surface area contributed by atoms with Gasteiger partial charge in [0.25, 0.3) is 0 Å². The van der Waals surface area contributed by atoms with E-state index in [1.54, 1.807) is 6.92 Å². The van der Waals surface area contributed by atoms with Gasteiger partial charge in [-0.2, -0.15) is 13.2 Å². The average molecular weight is 195 g/mol. The van der Waals surface area contributed by atoms with Gasteiger partial charge >= 0.3 is 6.18 Å². The van der Waals surface area contributed by atoms with Crippen molar-refractivity contribution in [3.63, 3.8) is 0 Å². The van der Waals surface area contributed by atoms with Crippen molar-refractivity contribution in [1.29, 1.82) is 0 Å². The summed E-state index contributed by atoms with van der Waals surface area (Å²) in [5.74, 6) is -0.116. The van der Waals surface area contributed by atoms with Crippen LogP contribution < -0.4 is 0 Å². The molecule has 0 aromatic carbocycles. The molecule has 1 N–H and O–H groups in total. The Hall–Kier alpha value is -1.04. The van der Waals surface area contributed by atoms with E-state index in [4.69, 9.17) is 5.11 Å². The van der Waals surface area contributed by atoms with Crippen LogP contribution in [-0.2, 0) is 19.2 Å². The van der Waals surface area contributed by atoms with Crippen molar-refractivity contribution in [3.8, 4) is 0 Å². The number of halogens is 3. The average Bonchev–Trinajstić information content (AvgIpc) is 2.45. The number of nitrogens with zero attached hydrogens (tertiary/aromatic N) is 1. The zero-order chi connectivity index (χ0) is 10.1. The summed E-state index contributed by atoms with van der Waals surface area (Å²) in [4.78, 5) is 0. The zero-order valence-electron chi connectivity index (χ0n) is 6.85. The van der Waals surface area contributed by atoms with Crippen molar-refractivity contribution in [1.82, 2.24) is 5.16 Å². The van der Waals surface area contributed by atoms with Crippen LogP contribution in [0.4, 0.5) is 13.2 Å². The van der Waals surface area contributed by atoms with Gasteiger partial charge in [0.05, 0.1) is 0 Å². The Labute approximate surface area is 72.1 Å². The summed E-state index contributed by atoms with van der Waals surface area (Å²) in [6.07, 6.45) is -4.38. The van der Waals surface area contributed by atoms with Crippen LogP contribution in [-0.4, -0.2) is 10.3 Å². The molecular weight excluding hydrogens is 187 g/mol. The molecule has 0 bridgehead atoms. The molecule has 0 radical (unpaired) electrons. The molecule has 6 heteroatoms. The summed E-state index contributed by atoms with van der Waals surface area (Å²) in [6.45, 7) is 0.979. The van der Waals surface area contributed by atoms with Gasteiger partial charge < -0.3 is 9.63 Å². The first-order valence-corrected chi connectivity index (χ1v) is 3.66. The van der Waals surface area contributed by atoms with Crippen molar-refractivity contribution in [2.45, 2.75) is 26.1 Å². The van der Waals surface area contributed by atoms with Gasteiger partial charge in [-0.3, -0.25) is 0 Å². The van der Waals surface area contributed by atoms with Crippen molar-refractivity contribution in [2.75, 3.05) is 0 Å². The Bertz CT molecular complexity index is 292. The Morgan fingerprint density at radius 3 is 2.46 bits per heavy atom. The van der Waals surface area contributed by atoms with Crippen LogP contribution in [0.25, 0.3) is 0 Å². The normalized spacial score (nSPS) is 12.1. The number of aliphatic hydroxyl groups is 1. The summed E-state index contributed by atoms with van der Waals surface area (Å²) in [6, 6.07) is 0. The number of hydrogen-bond acceptors (Lipinski definition) is 3. The van der Waals surface area contributed by atoms with E-state index in [-0.39, 0.29) is 17.7 Å². The van der Waals surface area contributed by atoms with Crippen LogP contribution in [0.5, 0.6) is 0 Å². The predicted octanol–water partition coefficient (Wildman–Crippen LogP) is 1.75. The van der Waals surface area contributed by atoms with Crippen LogP contribution in [0.15, 0.2) is 4.52 Å². The van der Waals surface area contributed by atoms with E-state index < -0.39 is 18.5 Å². The lowest BCUT2D eigenvalue weighted by molar-refractivity contribution is -0.143. The second-order valence-electron chi connectivity index (χ2n) is 2.44. The molecule has 3 nitrogen and oxygen atoms in total. The van der Waals surface area contributed by atoms with Gasteiger partial charge in [0, 0.05) is 5.56 Å². The first-order chi connectivity index (χ1) is 6.00. The molecule has 0 spiro atoms. The lowest BCUT2D eigenvalue weighted by atomic mass is 10.1. The van der Waals surface area contributed by atoms with E-state index in [0.717, 1.165) is 0 Å². The van der Waals surface area contributed by atoms with E-state index in [9.17, 15) is 13.2 Å². The van der Waals surface area contributed by atoms with E-state index in [1.807, 2.05) is 0 Å². The third-order valence-electron chi connectivity index (χ3n) is 1.64. The summed E-state index contributed by atoms with van der Waals surface area (Å²) in [5, 5.41) is 11.5. The Balaban J connectivity index is 3.16. The smallest absolute Gasteiger partial charge is 0.388 e. The molecule has 0 aliphatic rings. The first-order valence-electron chi connectivity index (χ1n) is 3.66. The molecule has 0 aliphatic heterocycles. The molecule has 1 aromatic heterocycles. The second kappa shape index (κ2) is 3.37. The number of hydrogen-bond donors (Lipinski definition) is 1. The first kappa shape index (κ1) is 10.0. The third-order valence-corrected chi connectivity index (χ3v) is 1.64. The monoisotopic (exact) mass is 195 g/mol. The molecule has 13 heavy (non-hydrogen) atoms. The topological polar surface area (TPSA) is 46.3 Å². The SMILES string of the molecule is CCc1c(C(F)(F)F)noc1CO. The van der Waals surface area contributed by atoms with Gasteiger partial charge in [0.15, 0.2) is 11.5 Å². The van der Waals surface area contributed by atoms with Crippen molar-refractivity contribution in [3.05, 3.63) is 17.0 Å². The van der Waals surface area contributed by atoms with Crippen molar-refractivity contribution >= 4 is 0 Å². The van der Waals surface area contributed by atoms with Gasteiger partial charge in [-0.15, -0.1) is 0 Å². The van der Waals surface area contributed by atoms with Crippen LogP contribution in [0.1, 0.15) is 23.9 Å². The molecule has 74 valence electrons. The van der Waals surface area contributed by atoms with Gasteiger partial charge in [-0.1, -0.05) is 12.1 Å². The number of aliphatic hydroxyl groups excluding tert-OH is 1. The molecule has 1 heterocycles. The molecule has 0 saturated carbocycles. The van der Waals surface area contributed by atoms with Crippen LogP contribution in [0.3, 0.4) is 0 Å². The van der Waals surface area contributed by atoms with E-state index in [0.29, 0.717) is 0 Å². The quantitative estimate of drug-likeness (QED) is 0.781. The molecule has 0 atom stereocenters. The highest BCUT2D eigenvalue weighted by atomic mass is 19.4. The summed E-state index contributed by atoms with van der Waals surface area (Å²) in [7, 11) is 0.